The Labute approximate surface area is 179 Å². The van der Waals surface area contributed by atoms with E-state index in [9.17, 15) is 9.59 Å². The zero-order chi connectivity index (χ0) is 17.4. The Hall–Kier alpha value is -1.25. The zero-order valence-corrected chi connectivity index (χ0v) is 17.9. The van der Waals surface area contributed by atoms with Crippen molar-refractivity contribution in [2.75, 3.05) is 50.7 Å². The highest BCUT2D eigenvalue weighted by atomic mass is 35.5. The number of piperazine rings is 1. The van der Waals surface area contributed by atoms with Gasteiger partial charge in [-0.1, -0.05) is 18.2 Å². The first kappa shape index (κ1) is 28.0. The fraction of sp³-hybridized carbons (Fsp3) is 0.529. The van der Waals surface area contributed by atoms with Gasteiger partial charge in [0.2, 0.25) is 11.8 Å². The number of nitrogens with two attached hydrogens (primary N) is 1. The fourth-order valence-electron chi connectivity index (χ4n) is 2.76. The number of nitrogens with one attached hydrogen (secondary N) is 2. The van der Waals surface area contributed by atoms with Crippen LogP contribution in [0.2, 0.25) is 0 Å². The van der Waals surface area contributed by atoms with Crippen molar-refractivity contribution in [2.45, 2.75) is 13.0 Å². The third kappa shape index (κ3) is 9.48. The summed E-state index contributed by atoms with van der Waals surface area (Å²) in [6.45, 7) is 6.45. The monoisotopic (exact) mass is 441 g/mol. The van der Waals surface area contributed by atoms with Crippen molar-refractivity contribution in [1.82, 2.24) is 15.5 Å². The van der Waals surface area contributed by atoms with Crippen LogP contribution in [0, 0.1) is 0 Å². The molecule has 1 aromatic carbocycles. The largest absolute Gasteiger partial charge is 0.369 e. The summed E-state index contributed by atoms with van der Waals surface area (Å²) in [5, 5.41) is 5.32. The van der Waals surface area contributed by atoms with E-state index in [1.165, 1.54) is 5.69 Å². The molecule has 4 N–H and O–H groups in total. The van der Waals surface area contributed by atoms with Crippen LogP contribution in [0.5, 0.6) is 0 Å². The lowest BCUT2D eigenvalue weighted by Gasteiger charge is -2.39. The molecule has 0 radical (unpaired) electrons. The van der Waals surface area contributed by atoms with E-state index in [1.807, 2.05) is 6.07 Å². The Morgan fingerprint density at radius 2 is 1.59 bits per heavy atom. The Bertz CT molecular complexity index is 543. The van der Waals surface area contributed by atoms with E-state index in [2.05, 4.69) is 51.6 Å². The summed E-state index contributed by atoms with van der Waals surface area (Å²) in [7, 11) is 0. The summed E-state index contributed by atoms with van der Waals surface area (Å²) in [6.07, 6.45) is 0. The van der Waals surface area contributed by atoms with Crippen molar-refractivity contribution in [1.29, 1.82) is 0 Å². The minimum absolute atomic E-state index is 0. The summed E-state index contributed by atoms with van der Waals surface area (Å²) in [4.78, 5) is 27.5. The van der Waals surface area contributed by atoms with Gasteiger partial charge in [-0.05, 0) is 19.1 Å². The van der Waals surface area contributed by atoms with Gasteiger partial charge in [-0.3, -0.25) is 14.5 Å². The lowest BCUT2D eigenvalue weighted by atomic mass is 10.2. The van der Waals surface area contributed by atoms with Crippen LogP contribution in [0.3, 0.4) is 0 Å². The second kappa shape index (κ2) is 14.8. The number of rotatable bonds is 7. The number of benzene rings is 1. The van der Waals surface area contributed by atoms with Gasteiger partial charge in [0.05, 0.1) is 13.1 Å². The molecule has 0 spiro atoms. The van der Waals surface area contributed by atoms with E-state index in [1.54, 1.807) is 0 Å². The quantitative estimate of drug-likeness (QED) is 0.577. The molecule has 1 aliphatic heterocycles. The van der Waals surface area contributed by atoms with Gasteiger partial charge in [0.15, 0.2) is 0 Å². The van der Waals surface area contributed by atoms with Gasteiger partial charge in [0.25, 0.3) is 0 Å². The Balaban J connectivity index is 0. The van der Waals surface area contributed by atoms with Crippen molar-refractivity contribution >= 4 is 54.7 Å². The molecule has 0 saturated carbocycles. The zero-order valence-electron chi connectivity index (χ0n) is 15.4. The van der Waals surface area contributed by atoms with Crippen molar-refractivity contribution in [2.24, 2.45) is 5.73 Å². The average Bonchev–Trinajstić information content (AvgIpc) is 2.64. The predicted octanol–water partition coefficient (Wildman–Crippen LogP) is 0.654. The maximum absolute atomic E-state index is 11.7. The van der Waals surface area contributed by atoms with Gasteiger partial charge in [-0.25, -0.2) is 0 Å². The maximum Gasteiger partial charge on any atom is 0.239 e. The Morgan fingerprint density at radius 3 is 2.15 bits per heavy atom. The van der Waals surface area contributed by atoms with E-state index in [4.69, 9.17) is 5.73 Å². The lowest BCUT2D eigenvalue weighted by molar-refractivity contribution is -0.125. The summed E-state index contributed by atoms with van der Waals surface area (Å²) in [5.41, 5.74) is 6.43. The van der Waals surface area contributed by atoms with E-state index in [0.717, 1.165) is 26.2 Å². The first-order chi connectivity index (χ1) is 11.6. The molecule has 0 aromatic heterocycles. The van der Waals surface area contributed by atoms with Gasteiger partial charge in [-0.15, -0.1) is 37.2 Å². The molecule has 1 aromatic rings. The number of halogens is 3. The number of para-hydroxylation sites is 1. The van der Waals surface area contributed by atoms with Gasteiger partial charge in [-0.2, -0.15) is 0 Å². The molecule has 2 rings (SSSR count). The van der Waals surface area contributed by atoms with Crippen molar-refractivity contribution in [3.63, 3.8) is 0 Å². The number of anilines is 1. The molecular formula is C17H30Cl3N5O2. The molecule has 1 unspecified atom stereocenters. The van der Waals surface area contributed by atoms with E-state index >= 15 is 0 Å². The predicted molar refractivity (Wildman–Crippen MR) is 117 cm³/mol. The number of hydrogen-bond acceptors (Lipinski definition) is 5. The highest BCUT2D eigenvalue weighted by molar-refractivity contribution is 5.86. The molecule has 10 heteroatoms. The second-order valence-corrected chi connectivity index (χ2v) is 5.99. The van der Waals surface area contributed by atoms with Crippen LogP contribution in [0.1, 0.15) is 6.92 Å². The molecular weight excluding hydrogens is 413 g/mol. The van der Waals surface area contributed by atoms with Crippen LogP contribution in [-0.2, 0) is 9.59 Å². The molecule has 1 fully saturated rings. The van der Waals surface area contributed by atoms with Gasteiger partial charge in [0.1, 0.15) is 0 Å². The SMILES string of the molecule is CC(CNC(=O)CNC(=O)CN)N1CCN(c2ccccc2)CC1.Cl.Cl.Cl. The molecule has 0 bridgehead atoms. The molecule has 1 heterocycles. The van der Waals surface area contributed by atoms with Crippen molar-refractivity contribution in [3.05, 3.63) is 30.3 Å². The first-order valence-electron chi connectivity index (χ1n) is 8.37. The lowest BCUT2D eigenvalue weighted by Crippen LogP contribution is -2.53. The highest BCUT2D eigenvalue weighted by Gasteiger charge is 2.21. The summed E-state index contributed by atoms with van der Waals surface area (Å²) >= 11 is 0. The molecule has 1 saturated heterocycles. The summed E-state index contributed by atoms with van der Waals surface area (Å²) in [5.74, 6) is -0.512. The topological polar surface area (TPSA) is 90.7 Å². The number of nitrogens with zero attached hydrogens (tertiary/aromatic N) is 2. The van der Waals surface area contributed by atoms with Crippen LogP contribution >= 0.6 is 37.2 Å². The minimum atomic E-state index is -0.324. The van der Waals surface area contributed by atoms with E-state index in [-0.39, 0.29) is 68.2 Å². The standard InChI is InChI=1S/C17H27N5O2.3ClH/c1-14(12-19-17(24)13-20-16(23)11-18)21-7-9-22(10-8-21)15-5-3-2-4-6-15;;;/h2-6,14H,7-13,18H2,1H3,(H,19,24)(H,20,23);3*1H. The number of carbonyl (C=O) groups excluding carboxylic acids is 2. The third-order valence-electron chi connectivity index (χ3n) is 4.29. The van der Waals surface area contributed by atoms with E-state index < -0.39 is 0 Å². The van der Waals surface area contributed by atoms with Crippen LogP contribution in [0.4, 0.5) is 5.69 Å². The normalized spacial score (nSPS) is 14.7. The minimum Gasteiger partial charge on any atom is -0.369 e. The van der Waals surface area contributed by atoms with Crippen LogP contribution in [0.15, 0.2) is 30.3 Å². The van der Waals surface area contributed by atoms with Crippen LogP contribution in [0.25, 0.3) is 0 Å². The smallest absolute Gasteiger partial charge is 0.239 e. The summed E-state index contributed by atoms with van der Waals surface area (Å²) < 4.78 is 0. The molecule has 7 nitrogen and oxygen atoms in total. The first-order valence-corrected chi connectivity index (χ1v) is 8.37. The molecule has 27 heavy (non-hydrogen) atoms. The van der Waals surface area contributed by atoms with Crippen LogP contribution in [-0.4, -0.2) is 68.6 Å². The second-order valence-electron chi connectivity index (χ2n) is 5.99. The van der Waals surface area contributed by atoms with Crippen molar-refractivity contribution < 1.29 is 9.59 Å². The third-order valence-corrected chi connectivity index (χ3v) is 4.29. The highest BCUT2D eigenvalue weighted by Crippen LogP contribution is 2.16. The number of amides is 2. The van der Waals surface area contributed by atoms with Gasteiger partial charge in [0, 0.05) is 44.5 Å². The molecule has 0 aliphatic carbocycles. The van der Waals surface area contributed by atoms with E-state index in [0.29, 0.717) is 6.54 Å². The van der Waals surface area contributed by atoms with Crippen LogP contribution < -0.4 is 21.3 Å². The summed E-state index contributed by atoms with van der Waals surface area (Å²) in [6, 6.07) is 10.7. The average molecular weight is 443 g/mol. The van der Waals surface area contributed by atoms with Gasteiger partial charge >= 0.3 is 0 Å². The maximum atomic E-state index is 11.7. The molecule has 2 amide bonds. The molecule has 156 valence electrons. The molecule has 1 atom stereocenters. The van der Waals surface area contributed by atoms with Gasteiger partial charge < -0.3 is 21.3 Å². The fourth-order valence-corrected chi connectivity index (χ4v) is 2.76. The Kier molecular flexibility index (Phi) is 15.3. The molecule has 1 aliphatic rings. The van der Waals surface area contributed by atoms with Crippen molar-refractivity contribution in [3.8, 4) is 0 Å². The Morgan fingerprint density at radius 1 is 1.00 bits per heavy atom. The number of hydrogen-bond donors (Lipinski definition) is 3. The number of carbonyl (C=O) groups is 2.